The van der Waals surface area contributed by atoms with Crippen LogP contribution in [0.1, 0.15) is 32.6 Å². The monoisotopic (exact) mass is 299 g/mol. The number of halogens is 1. The van der Waals surface area contributed by atoms with E-state index in [1.165, 1.54) is 12.8 Å². The first-order chi connectivity index (χ1) is 8.16. The van der Waals surface area contributed by atoms with Gasteiger partial charge in [-0.3, -0.25) is 0 Å². The van der Waals surface area contributed by atoms with E-state index in [0.717, 1.165) is 29.8 Å². The van der Waals surface area contributed by atoms with Gasteiger partial charge in [-0.2, -0.15) is 0 Å². The minimum absolute atomic E-state index is 0.268. The van der Waals surface area contributed by atoms with E-state index >= 15 is 0 Å². The van der Waals surface area contributed by atoms with Gasteiger partial charge >= 0.3 is 0 Å². The van der Waals surface area contributed by atoms with Crippen LogP contribution in [0.2, 0.25) is 0 Å². The molecule has 5 heteroatoms. The highest BCUT2D eigenvalue weighted by Gasteiger charge is 2.25. The number of nitrogens with zero attached hydrogens (tertiary/aromatic N) is 3. The first-order valence-electron chi connectivity index (χ1n) is 6.09. The summed E-state index contributed by atoms with van der Waals surface area (Å²) in [6.07, 6.45) is 7.59. The van der Waals surface area contributed by atoms with Crippen molar-refractivity contribution >= 4 is 21.9 Å². The van der Waals surface area contributed by atoms with Crippen LogP contribution in [-0.2, 0) is 0 Å². The van der Waals surface area contributed by atoms with E-state index in [1.54, 1.807) is 12.4 Å². The van der Waals surface area contributed by atoms with Gasteiger partial charge in [-0.1, -0.05) is 0 Å². The fourth-order valence-electron chi connectivity index (χ4n) is 2.36. The van der Waals surface area contributed by atoms with Gasteiger partial charge in [-0.15, -0.1) is 0 Å². The molecule has 17 heavy (non-hydrogen) atoms. The minimum atomic E-state index is -0.268. The van der Waals surface area contributed by atoms with Gasteiger partial charge in [-0.25, -0.2) is 9.97 Å². The highest BCUT2D eigenvalue weighted by molar-refractivity contribution is 9.10. The van der Waals surface area contributed by atoms with Crippen LogP contribution in [0.5, 0.6) is 0 Å². The Balaban J connectivity index is 2.12. The van der Waals surface area contributed by atoms with Crippen molar-refractivity contribution < 1.29 is 5.11 Å². The van der Waals surface area contributed by atoms with E-state index in [1.807, 2.05) is 6.92 Å². The fourth-order valence-corrected chi connectivity index (χ4v) is 2.56. The summed E-state index contributed by atoms with van der Waals surface area (Å²) >= 11 is 3.34. The zero-order valence-electron chi connectivity index (χ0n) is 10.0. The predicted molar refractivity (Wildman–Crippen MR) is 71.0 cm³/mol. The van der Waals surface area contributed by atoms with Crippen LogP contribution in [0, 0.1) is 0 Å². The minimum Gasteiger partial charge on any atom is -0.393 e. The van der Waals surface area contributed by atoms with Gasteiger partial charge in [0, 0.05) is 25.0 Å². The summed E-state index contributed by atoms with van der Waals surface area (Å²) in [4.78, 5) is 10.9. The number of aromatic nitrogens is 2. The van der Waals surface area contributed by atoms with Crippen molar-refractivity contribution in [3.05, 3.63) is 16.9 Å². The number of anilines is 1. The largest absolute Gasteiger partial charge is 0.393 e. The molecule has 1 aliphatic heterocycles. The lowest BCUT2D eigenvalue weighted by Crippen LogP contribution is -2.42. The number of aliphatic hydroxyl groups is 1. The van der Waals surface area contributed by atoms with Crippen molar-refractivity contribution in [3.8, 4) is 0 Å². The smallest absolute Gasteiger partial charge is 0.225 e. The molecule has 94 valence electrons. The Bertz CT molecular complexity index is 355. The van der Waals surface area contributed by atoms with Crippen molar-refractivity contribution in [3.63, 3.8) is 0 Å². The molecule has 1 N–H and O–H groups in total. The number of aliphatic hydroxyl groups excluding tert-OH is 1. The Morgan fingerprint density at radius 1 is 1.47 bits per heavy atom. The summed E-state index contributed by atoms with van der Waals surface area (Å²) in [5.41, 5.74) is 0. The van der Waals surface area contributed by atoms with Gasteiger partial charge in [0.2, 0.25) is 5.95 Å². The van der Waals surface area contributed by atoms with E-state index in [2.05, 4.69) is 30.8 Å². The highest BCUT2D eigenvalue weighted by atomic mass is 79.9. The average Bonchev–Trinajstić information content (AvgIpc) is 2.30. The Kier molecular flexibility index (Phi) is 4.34. The molecule has 1 aromatic heterocycles. The molecule has 0 spiro atoms. The van der Waals surface area contributed by atoms with Crippen molar-refractivity contribution in [2.45, 2.75) is 44.8 Å². The van der Waals surface area contributed by atoms with Gasteiger partial charge in [0.05, 0.1) is 10.6 Å². The van der Waals surface area contributed by atoms with E-state index in [4.69, 9.17) is 0 Å². The Labute approximate surface area is 110 Å². The van der Waals surface area contributed by atoms with Crippen molar-refractivity contribution in [2.24, 2.45) is 0 Å². The maximum Gasteiger partial charge on any atom is 0.225 e. The van der Waals surface area contributed by atoms with E-state index in [9.17, 15) is 5.11 Å². The highest BCUT2D eigenvalue weighted by Crippen LogP contribution is 2.24. The lowest BCUT2D eigenvalue weighted by molar-refractivity contribution is 0.167. The summed E-state index contributed by atoms with van der Waals surface area (Å²) < 4.78 is 0.894. The third-order valence-electron chi connectivity index (χ3n) is 3.10. The van der Waals surface area contributed by atoms with Crippen molar-refractivity contribution in [1.29, 1.82) is 0 Å². The van der Waals surface area contributed by atoms with Crippen molar-refractivity contribution in [2.75, 3.05) is 11.4 Å². The summed E-state index contributed by atoms with van der Waals surface area (Å²) in [6, 6.07) is 0.366. The maximum atomic E-state index is 9.54. The predicted octanol–water partition coefficient (Wildman–Crippen LogP) is 2.37. The maximum absolute atomic E-state index is 9.54. The quantitative estimate of drug-likeness (QED) is 0.931. The second-order valence-corrected chi connectivity index (χ2v) is 5.54. The molecule has 2 atom stereocenters. The van der Waals surface area contributed by atoms with E-state index in [-0.39, 0.29) is 6.10 Å². The number of hydrogen-bond donors (Lipinski definition) is 1. The lowest BCUT2D eigenvalue weighted by atomic mass is 9.98. The molecule has 0 unspecified atom stereocenters. The SMILES string of the molecule is C[C@@H](O)C[C@@H]1CCCCN1c1ncc(Br)cn1. The molecular formula is C12H18BrN3O. The molecule has 0 aromatic carbocycles. The zero-order valence-corrected chi connectivity index (χ0v) is 11.6. The second kappa shape index (κ2) is 5.78. The molecule has 1 aromatic rings. The Hall–Kier alpha value is -0.680. The van der Waals surface area contributed by atoms with Gasteiger partial charge in [-0.05, 0) is 48.5 Å². The Morgan fingerprint density at radius 2 is 2.18 bits per heavy atom. The zero-order chi connectivity index (χ0) is 12.3. The van der Waals surface area contributed by atoms with Gasteiger partial charge < -0.3 is 10.0 Å². The molecule has 2 heterocycles. The normalized spacial score (nSPS) is 22.5. The topological polar surface area (TPSA) is 49.2 Å². The second-order valence-electron chi connectivity index (χ2n) is 4.63. The number of rotatable bonds is 3. The molecule has 1 aliphatic rings. The average molecular weight is 300 g/mol. The van der Waals surface area contributed by atoms with Gasteiger partial charge in [0.25, 0.3) is 0 Å². The van der Waals surface area contributed by atoms with Crippen LogP contribution >= 0.6 is 15.9 Å². The van der Waals surface area contributed by atoms with Crippen LogP contribution in [0.3, 0.4) is 0 Å². The van der Waals surface area contributed by atoms with Crippen LogP contribution in [-0.4, -0.2) is 33.8 Å². The van der Waals surface area contributed by atoms with Gasteiger partial charge in [0.15, 0.2) is 0 Å². The molecule has 1 fully saturated rings. The third-order valence-corrected chi connectivity index (χ3v) is 3.51. The first kappa shape index (κ1) is 12.8. The number of hydrogen-bond acceptors (Lipinski definition) is 4. The van der Waals surface area contributed by atoms with Crippen LogP contribution < -0.4 is 4.90 Å². The summed E-state index contributed by atoms with van der Waals surface area (Å²) in [6.45, 7) is 2.83. The first-order valence-corrected chi connectivity index (χ1v) is 6.88. The standard InChI is InChI=1S/C12H18BrN3O/c1-9(17)6-11-4-2-3-5-16(11)12-14-7-10(13)8-15-12/h7-9,11,17H,2-6H2,1H3/t9-,11+/m1/s1. The molecule has 0 amide bonds. The number of piperidine rings is 1. The van der Waals surface area contributed by atoms with E-state index in [0.29, 0.717) is 6.04 Å². The van der Waals surface area contributed by atoms with E-state index < -0.39 is 0 Å². The lowest BCUT2D eigenvalue weighted by Gasteiger charge is -2.36. The fraction of sp³-hybridized carbons (Fsp3) is 0.667. The van der Waals surface area contributed by atoms with Crippen molar-refractivity contribution in [1.82, 2.24) is 9.97 Å². The summed E-state index contributed by atoms with van der Waals surface area (Å²) in [5.74, 6) is 0.776. The summed E-state index contributed by atoms with van der Waals surface area (Å²) in [5, 5.41) is 9.54. The Morgan fingerprint density at radius 3 is 2.82 bits per heavy atom. The van der Waals surface area contributed by atoms with Crippen LogP contribution in [0.4, 0.5) is 5.95 Å². The molecule has 0 radical (unpaired) electrons. The van der Waals surface area contributed by atoms with Crippen LogP contribution in [0.25, 0.3) is 0 Å². The molecule has 0 aliphatic carbocycles. The molecule has 2 rings (SSSR count). The summed E-state index contributed by atoms with van der Waals surface area (Å²) in [7, 11) is 0. The molecule has 4 nitrogen and oxygen atoms in total. The third kappa shape index (κ3) is 3.39. The van der Waals surface area contributed by atoms with Crippen LogP contribution in [0.15, 0.2) is 16.9 Å². The molecule has 0 saturated carbocycles. The van der Waals surface area contributed by atoms with Gasteiger partial charge in [0.1, 0.15) is 0 Å². The molecule has 1 saturated heterocycles. The molecular weight excluding hydrogens is 282 g/mol. The molecule has 0 bridgehead atoms.